The standard InChI is InChI=1S/C16H22N4O7/c1-3-16(12(21)6-13(27-16)20-9-17)8-24-14(22)19-5-4-18-7-11-10(2)25-15(23)26-11/h1,9,12-13,18,21H,4-8H2,2H3,(H2,17,20)(H,19,22)/t12-,13+,16+/m0/s1. The predicted molar refractivity (Wildman–Crippen MR) is 92.8 cm³/mol. The molecule has 1 saturated heterocycles. The number of aliphatic imine (C=N–C) groups is 1. The van der Waals surface area contributed by atoms with Gasteiger partial charge in [-0.05, 0) is 6.92 Å². The number of aliphatic hydroxyl groups excluding tert-OH is 1. The summed E-state index contributed by atoms with van der Waals surface area (Å²) in [5.74, 6) is 2.35. The van der Waals surface area contributed by atoms with Gasteiger partial charge in [-0.3, -0.25) is 0 Å². The topological polar surface area (TPSA) is 162 Å². The van der Waals surface area contributed by atoms with E-state index in [1.165, 1.54) is 0 Å². The van der Waals surface area contributed by atoms with Gasteiger partial charge in [-0.1, -0.05) is 5.92 Å². The van der Waals surface area contributed by atoms with Gasteiger partial charge in [-0.25, -0.2) is 14.6 Å². The number of nitrogens with zero attached hydrogens (tertiary/aromatic N) is 1. The molecule has 0 radical (unpaired) electrons. The number of aliphatic hydroxyl groups is 1. The molecule has 11 nitrogen and oxygen atoms in total. The van der Waals surface area contributed by atoms with Crippen LogP contribution in [0.15, 0.2) is 18.6 Å². The highest BCUT2D eigenvalue weighted by molar-refractivity contribution is 5.67. The van der Waals surface area contributed by atoms with Crippen LogP contribution in [0.2, 0.25) is 0 Å². The van der Waals surface area contributed by atoms with E-state index >= 15 is 0 Å². The Kier molecular flexibility index (Phi) is 7.00. The number of ether oxygens (including phenoxy) is 2. The van der Waals surface area contributed by atoms with Gasteiger partial charge in [0.1, 0.15) is 18.5 Å². The lowest BCUT2D eigenvalue weighted by Crippen LogP contribution is -2.44. The van der Waals surface area contributed by atoms with Gasteiger partial charge in [-0.2, -0.15) is 0 Å². The second-order valence-corrected chi connectivity index (χ2v) is 5.77. The molecule has 0 spiro atoms. The molecule has 1 aromatic heterocycles. The highest BCUT2D eigenvalue weighted by Crippen LogP contribution is 2.31. The van der Waals surface area contributed by atoms with Crippen molar-refractivity contribution in [2.45, 2.75) is 37.8 Å². The molecule has 11 heteroatoms. The first-order chi connectivity index (χ1) is 12.9. The summed E-state index contributed by atoms with van der Waals surface area (Å²) < 4.78 is 20.1. The van der Waals surface area contributed by atoms with Crippen molar-refractivity contribution in [3.63, 3.8) is 0 Å². The Morgan fingerprint density at radius 3 is 2.96 bits per heavy atom. The number of amides is 1. The van der Waals surface area contributed by atoms with Crippen LogP contribution in [-0.4, -0.2) is 55.2 Å². The van der Waals surface area contributed by atoms with Crippen molar-refractivity contribution in [3.8, 4) is 12.3 Å². The maximum Gasteiger partial charge on any atom is 0.519 e. The Morgan fingerprint density at radius 2 is 2.33 bits per heavy atom. The van der Waals surface area contributed by atoms with E-state index in [1.54, 1.807) is 6.92 Å². The summed E-state index contributed by atoms with van der Waals surface area (Å²) in [4.78, 5) is 26.5. The van der Waals surface area contributed by atoms with E-state index in [4.69, 9.17) is 30.5 Å². The van der Waals surface area contributed by atoms with Gasteiger partial charge < -0.3 is 39.8 Å². The summed E-state index contributed by atoms with van der Waals surface area (Å²) in [5.41, 5.74) is 3.73. The molecule has 0 aliphatic carbocycles. The van der Waals surface area contributed by atoms with Crippen LogP contribution in [0.4, 0.5) is 4.79 Å². The molecule has 0 unspecified atom stereocenters. The molecule has 2 rings (SSSR count). The average molecular weight is 382 g/mol. The normalized spacial score (nSPS) is 24.8. The number of carbonyl (C=O) groups is 1. The zero-order valence-corrected chi connectivity index (χ0v) is 14.8. The molecule has 3 atom stereocenters. The summed E-state index contributed by atoms with van der Waals surface area (Å²) in [5, 5.41) is 15.6. The number of nitrogens with two attached hydrogens (primary N) is 1. The first-order valence-corrected chi connectivity index (χ1v) is 8.18. The molecular weight excluding hydrogens is 360 g/mol. The van der Waals surface area contributed by atoms with E-state index in [-0.39, 0.29) is 26.1 Å². The third kappa shape index (κ3) is 5.33. The van der Waals surface area contributed by atoms with Crippen molar-refractivity contribution in [3.05, 3.63) is 22.1 Å². The van der Waals surface area contributed by atoms with E-state index in [0.29, 0.717) is 18.1 Å². The van der Waals surface area contributed by atoms with Crippen molar-refractivity contribution >= 4 is 12.4 Å². The van der Waals surface area contributed by atoms with Crippen LogP contribution < -0.4 is 22.2 Å². The number of rotatable bonds is 8. The van der Waals surface area contributed by atoms with Crippen LogP contribution in [0.5, 0.6) is 0 Å². The second kappa shape index (κ2) is 9.22. The van der Waals surface area contributed by atoms with E-state index in [1.807, 2.05) is 0 Å². The van der Waals surface area contributed by atoms with E-state index in [9.17, 15) is 14.7 Å². The van der Waals surface area contributed by atoms with Gasteiger partial charge in [0.25, 0.3) is 0 Å². The monoisotopic (exact) mass is 382 g/mol. The zero-order valence-electron chi connectivity index (χ0n) is 14.8. The lowest BCUT2D eigenvalue weighted by molar-refractivity contribution is -0.0715. The SMILES string of the molecule is C#C[C@]1(COC(=O)NCCNCc2oc(=O)oc2C)O[C@@H](N=CN)C[C@@H]1O. The molecule has 27 heavy (non-hydrogen) atoms. The van der Waals surface area contributed by atoms with E-state index in [2.05, 4.69) is 21.5 Å². The fourth-order valence-corrected chi connectivity index (χ4v) is 2.45. The summed E-state index contributed by atoms with van der Waals surface area (Å²) in [6.07, 6.45) is 4.18. The van der Waals surface area contributed by atoms with Gasteiger partial charge in [0.2, 0.25) is 0 Å². The van der Waals surface area contributed by atoms with Crippen LogP contribution in [0.25, 0.3) is 0 Å². The highest BCUT2D eigenvalue weighted by Gasteiger charge is 2.48. The first-order valence-electron chi connectivity index (χ1n) is 8.18. The summed E-state index contributed by atoms with van der Waals surface area (Å²) in [7, 11) is 0. The molecule has 0 bridgehead atoms. The summed E-state index contributed by atoms with van der Waals surface area (Å²) in [6, 6.07) is 0. The van der Waals surface area contributed by atoms with E-state index < -0.39 is 29.8 Å². The van der Waals surface area contributed by atoms with Crippen LogP contribution in [-0.2, 0) is 16.0 Å². The zero-order chi connectivity index (χ0) is 19.9. The summed E-state index contributed by atoms with van der Waals surface area (Å²) >= 11 is 0. The Morgan fingerprint density at radius 1 is 1.56 bits per heavy atom. The molecule has 0 saturated carbocycles. The average Bonchev–Trinajstić information content (AvgIpc) is 3.11. The lowest BCUT2D eigenvalue weighted by Gasteiger charge is -2.25. The predicted octanol–water partition coefficient (Wildman–Crippen LogP) is -1.18. The van der Waals surface area contributed by atoms with Gasteiger partial charge >= 0.3 is 11.9 Å². The van der Waals surface area contributed by atoms with Gasteiger partial charge in [0.15, 0.2) is 17.6 Å². The summed E-state index contributed by atoms with van der Waals surface area (Å²) in [6.45, 7) is 2.18. The lowest BCUT2D eigenvalue weighted by atomic mass is 9.99. The van der Waals surface area contributed by atoms with Crippen molar-refractivity contribution in [1.82, 2.24) is 10.6 Å². The van der Waals surface area contributed by atoms with Crippen LogP contribution in [0, 0.1) is 19.3 Å². The molecule has 5 N–H and O–H groups in total. The number of aryl methyl sites for hydroxylation is 1. The van der Waals surface area contributed by atoms with Crippen molar-refractivity contribution in [2.24, 2.45) is 10.7 Å². The number of hydrogen-bond donors (Lipinski definition) is 4. The Hall–Kier alpha value is -2.81. The minimum atomic E-state index is -1.47. The highest BCUT2D eigenvalue weighted by atomic mass is 16.6. The molecular formula is C16H22N4O7. The fourth-order valence-electron chi connectivity index (χ4n) is 2.45. The molecule has 1 aliphatic rings. The minimum Gasteiger partial charge on any atom is -0.445 e. The molecule has 1 aromatic rings. The van der Waals surface area contributed by atoms with Crippen LogP contribution in [0.1, 0.15) is 17.9 Å². The molecule has 1 fully saturated rings. The number of alkyl carbamates (subject to hydrolysis) is 1. The molecule has 0 aromatic carbocycles. The maximum atomic E-state index is 11.8. The van der Waals surface area contributed by atoms with Crippen LogP contribution >= 0.6 is 0 Å². The Bertz CT molecular complexity index is 766. The number of nitrogens with one attached hydrogen (secondary N) is 2. The van der Waals surface area contributed by atoms with Gasteiger partial charge in [-0.15, -0.1) is 6.42 Å². The third-order valence-electron chi connectivity index (χ3n) is 3.92. The third-order valence-corrected chi connectivity index (χ3v) is 3.92. The molecule has 2 heterocycles. The first kappa shape index (κ1) is 20.5. The molecule has 148 valence electrons. The van der Waals surface area contributed by atoms with Crippen LogP contribution in [0.3, 0.4) is 0 Å². The van der Waals surface area contributed by atoms with Gasteiger partial charge in [0.05, 0.1) is 12.9 Å². The number of carbonyl (C=O) groups excluding carboxylic acids is 1. The molecule has 1 aliphatic heterocycles. The van der Waals surface area contributed by atoms with E-state index in [0.717, 1.165) is 6.34 Å². The van der Waals surface area contributed by atoms with Crippen molar-refractivity contribution in [1.29, 1.82) is 0 Å². The Labute approximate surface area is 154 Å². The minimum absolute atomic E-state index is 0.149. The second-order valence-electron chi connectivity index (χ2n) is 5.77. The van der Waals surface area contributed by atoms with Gasteiger partial charge in [0, 0.05) is 19.5 Å². The smallest absolute Gasteiger partial charge is 0.445 e. The Balaban J connectivity index is 1.69. The largest absolute Gasteiger partial charge is 0.519 e. The number of terminal acetylenes is 1. The van der Waals surface area contributed by atoms with Crippen molar-refractivity contribution in [2.75, 3.05) is 19.7 Å². The van der Waals surface area contributed by atoms with Crippen molar-refractivity contribution < 1.29 is 28.2 Å². The molecule has 1 amide bonds. The maximum absolute atomic E-state index is 11.8. The number of hydrogen-bond acceptors (Lipinski definition) is 9. The quantitative estimate of drug-likeness (QED) is 0.188. The fraction of sp³-hybridized carbons (Fsp3) is 0.562.